The van der Waals surface area contributed by atoms with E-state index < -0.39 is 5.09 Å². The fraction of sp³-hybridized carbons (Fsp3) is 0.500. The molecule has 0 aliphatic rings. The molecule has 0 fully saturated rings. The van der Waals surface area contributed by atoms with Crippen molar-refractivity contribution in [2.45, 2.75) is 0 Å². The smallest absolute Gasteiger partial charge is 0.291 e. The third kappa shape index (κ3) is 73.0. The Morgan fingerprint density at radius 1 is 2.00 bits per heavy atom. The van der Waals surface area contributed by atoms with Gasteiger partial charge in [0.25, 0.3) is 5.09 Å². The SMILES string of the molecule is O=[N+]([O-])O.[CH2]CN. The lowest BCUT2D eigenvalue weighted by Crippen LogP contribution is -1.88. The minimum atomic E-state index is -1.50. The van der Waals surface area contributed by atoms with E-state index in [0.717, 1.165) is 0 Å². The normalized spacial score (nSPS) is 6.00. The first-order chi connectivity index (χ1) is 3.15. The van der Waals surface area contributed by atoms with Crippen LogP contribution in [0.25, 0.3) is 0 Å². The summed E-state index contributed by atoms with van der Waals surface area (Å²) in [6.07, 6.45) is 0. The fourth-order valence-electron chi connectivity index (χ4n) is 0. The van der Waals surface area contributed by atoms with Crippen LogP contribution in [0.2, 0.25) is 0 Å². The number of nitrogens with two attached hydrogens (primary N) is 1. The van der Waals surface area contributed by atoms with Crippen molar-refractivity contribution in [1.29, 1.82) is 0 Å². The Bertz CT molecular complexity index is 42.2. The van der Waals surface area contributed by atoms with Gasteiger partial charge in [-0.1, -0.05) is 0 Å². The van der Waals surface area contributed by atoms with Crippen molar-refractivity contribution < 1.29 is 10.3 Å². The summed E-state index contributed by atoms with van der Waals surface area (Å²) in [4.78, 5) is 8.36. The van der Waals surface area contributed by atoms with Gasteiger partial charge in [-0.05, 0) is 13.5 Å². The average molecular weight is 107 g/mol. The van der Waals surface area contributed by atoms with E-state index in [1.165, 1.54) is 0 Å². The monoisotopic (exact) mass is 107 g/mol. The van der Waals surface area contributed by atoms with Gasteiger partial charge < -0.3 is 10.9 Å². The molecule has 5 nitrogen and oxygen atoms in total. The van der Waals surface area contributed by atoms with Crippen LogP contribution >= 0.6 is 0 Å². The Balaban J connectivity index is 0. The summed E-state index contributed by atoms with van der Waals surface area (Å²) in [7, 11) is 0. The molecular formula is C2H7N2O3. The molecule has 0 aromatic rings. The van der Waals surface area contributed by atoms with Crippen LogP contribution < -0.4 is 5.73 Å². The predicted molar refractivity (Wildman–Crippen MR) is 23.2 cm³/mol. The summed E-state index contributed by atoms with van der Waals surface area (Å²) in [5.41, 5.74) is 4.74. The molecule has 3 N–H and O–H groups in total. The summed E-state index contributed by atoms with van der Waals surface area (Å²) >= 11 is 0. The van der Waals surface area contributed by atoms with Crippen molar-refractivity contribution in [2.75, 3.05) is 6.54 Å². The summed E-state index contributed by atoms with van der Waals surface area (Å²) < 4.78 is 0. The second-order valence-corrected chi connectivity index (χ2v) is 0.527. The van der Waals surface area contributed by atoms with E-state index in [0.29, 0.717) is 6.54 Å². The Labute approximate surface area is 40.9 Å². The van der Waals surface area contributed by atoms with Crippen molar-refractivity contribution in [3.63, 3.8) is 0 Å². The zero-order chi connectivity index (χ0) is 6.28. The highest BCUT2D eigenvalue weighted by molar-refractivity contribution is 4.25. The van der Waals surface area contributed by atoms with Gasteiger partial charge in [-0.25, -0.2) is 0 Å². The first-order valence-electron chi connectivity index (χ1n) is 1.47. The zero-order valence-corrected chi connectivity index (χ0v) is 3.70. The quantitative estimate of drug-likeness (QED) is 0.320. The van der Waals surface area contributed by atoms with Gasteiger partial charge in [0.2, 0.25) is 0 Å². The molecule has 0 saturated carbocycles. The highest BCUT2D eigenvalue weighted by Crippen LogP contribution is 1.38. The van der Waals surface area contributed by atoms with Gasteiger partial charge in [-0.15, -0.1) is 10.1 Å². The van der Waals surface area contributed by atoms with E-state index in [1.54, 1.807) is 0 Å². The van der Waals surface area contributed by atoms with Crippen LogP contribution in [-0.4, -0.2) is 16.8 Å². The van der Waals surface area contributed by atoms with Crippen molar-refractivity contribution in [3.05, 3.63) is 17.0 Å². The maximum absolute atomic E-state index is 8.36. The standard InChI is InChI=1S/C2H6N.HNO3/c1-2-3;2-1(3)4/h1-3H2;(H,2,3,4). The molecular weight excluding hydrogens is 100 g/mol. The minimum absolute atomic E-state index is 0.500. The molecule has 43 valence electrons. The average Bonchev–Trinajstić information content (AvgIpc) is 1.33. The van der Waals surface area contributed by atoms with Crippen molar-refractivity contribution in [2.24, 2.45) is 5.73 Å². The third-order valence-corrected chi connectivity index (χ3v) is 0. The molecule has 0 spiro atoms. The molecule has 0 aliphatic heterocycles. The topological polar surface area (TPSA) is 89.4 Å². The highest BCUT2D eigenvalue weighted by Gasteiger charge is 1.65. The first-order valence-corrected chi connectivity index (χ1v) is 1.47. The first kappa shape index (κ1) is 9.48. The van der Waals surface area contributed by atoms with E-state index in [4.69, 9.17) is 21.1 Å². The molecule has 7 heavy (non-hydrogen) atoms. The summed E-state index contributed by atoms with van der Waals surface area (Å²) in [6.45, 7) is 3.76. The molecule has 0 aliphatic carbocycles. The number of hydrogen-bond acceptors (Lipinski definition) is 3. The second-order valence-electron chi connectivity index (χ2n) is 0.527. The maximum Gasteiger partial charge on any atom is 0.291 e. The van der Waals surface area contributed by atoms with Gasteiger partial charge in [0.05, 0.1) is 0 Å². The van der Waals surface area contributed by atoms with Gasteiger partial charge >= 0.3 is 0 Å². The van der Waals surface area contributed by atoms with Crippen LogP contribution in [0.1, 0.15) is 0 Å². The lowest BCUT2D eigenvalue weighted by atomic mass is 10.8. The predicted octanol–water partition coefficient (Wildman–Crippen LogP) is -0.569. The van der Waals surface area contributed by atoms with Crippen molar-refractivity contribution in [1.82, 2.24) is 0 Å². The number of rotatable bonds is 0. The lowest BCUT2D eigenvalue weighted by molar-refractivity contribution is -0.742. The van der Waals surface area contributed by atoms with Gasteiger partial charge in [-0.2, -0.15) is 0 Å². The molecule has 0 rings (SSSR count). The Morgan fingerprint density at radius 2 is 2.00 bits per heavy atom. The fourth-order valence-corrected chi connectivity index (χ4v) is 0. The number of nitrogens with zero attached hydrogens (tertiary/aromatic N) is 1. The molecule has 0 aromatic carbocycles. The lowest BCUT2D eigenvalue weighted by Gasteiger charge is -1.56. The van der Waals surface area contributed by atoms with E-state index in [9.17, 15) is 0 Å². The van der Waals surface area contributed by atoms with Crippen LogP contribution in [0.5, 0.6) is 0 Å². The molecule has 0 amide bonds. The van der Waals surface area contributed by atoms with Gasteiger partial charge in [0.1, 0.15) is 0 Å². The highest BCUT2D eigenvalue weighted by atomic mass is 16.9. The summed E-state index contributed by atoms with van der Waals surface area (Å²) in [5, 5.41) is 13.6. The Kier molecular flexibility index (Phi) is 12.1. The van der Waals surface area contributed by atoms with Gasteiger partial charge in [0.15, 0.2) is 0 Å². The molecule has 5 heteroatoms. The zero-order valence-electron chi connectivity index (χ0n) is 3.70. The Morgan fingerprint density at radius 3 is 2.00 bits per heavy atom. The van der Waals surface area contributed by atoms with Gasteiger partial charge in [-0.3, -0.25) is 0 Å². The van der Waals surface area contributed by atoms with Crippen LogP contribution in [0.15, 0.2) is 0 Å². The van der Waals surface area contributed by atoms with E-state index in [-0.39, 0.29) is 0 Å². The molecule has 1 radical (unpaired) electrons. The molecule has 0 atom stereocenters. The molecule has 0 heterocycles. The maximum atomic E-state index is 8.36. The van der Waals surface area contributed by atoms with Crippen LogP contribution in [-0.2, 0) is 0 Å². The summed E-state index contributed by atoms with van der Waals surface area (Å²) in [5.74, 6) is 0. The summed E-state index contributed by atoms with van der Waals surface area (Å²) in [6, 6.07) is 0. The second kappa shape index (κ2) is 8.94. The van der Waals surface area contributed by atoms with Crippen LogP contribution in [0.4, 0.5) is 0 Å². The molecule has 0 saturated heterocycles. The molecule has 0 bridgehead atoms. The van der Waals surface area contributed by atoms with E-state index in [2.05, 4.69) is 6.92 Å². The van der Waals surface area contributed by atoms with Crippen LogP contribution in [0.3, 0.4) is 0 Å². The van der Waals surface area contributed by atoms with Gasteiger partial charge in [0, 0.05) is 0 Å². The Hall–Kier alpha value is -0.840. The van der Waals surface area contributed by atoms with Crippen molar-refractivity contribution in [3.8, 4) is 0 Å². The van der Waals surface area contributed by atoms with Crippen molar-refractivity contribution >= 4 is 0 Å². The number of hydrogen-bond donors (Lipinski definition) is 2. The minimum Gasteiger partial charge on any atom is -0.330 e. The van der Waals surface area contributed by atoms with E-state index >= 15 is 0 Å². The van der Waals surface area contributed by atoms with E-state index in [1.807, 2.05) is 0 Å². The van der Waals surface area contributed by atoms with Crippen LogP contribution in [0, 0.1) is 17.0 Å². The molecule has 0 unspecified atom stereocenters. The molecule has 0 aromatic heterocycles. The third-order valence-electron chi connectivity index (χ3n) is 0. The largest absolute Gasteiger partial charge is 0.330 e.